The summed E-state index contributed by atoms with van der Waals surface area (Å²) in [5.41, 5.74) is 0. The first-order chi connectivity index (χ1) is 19.4. The molecule has 0 fully saturated rings. The number of carbonyl (C=O) groups is 6. The summed E-state index contributed by atoms with van der Waals surface area (Å²) in [6.45, 7) is 14.7. The number of carboxylic acid groups (broad SMARTS) is 6. The van der Waals surface area contributed by atoms with Gasteiger partial charge < -0.3 is 70.4 Å². The Morgan fingerprint density at radius 3 is 0.609 bits per heavy atom. The molecule has 0 saturated heterocycles. The van der Waals surface area contributed by atoms with Gasteiger partial charge in [0.2, 0.25) is 0 Å². The van der Waals surface area contributed by atoms with Crippen LogP contribution in [0.2, 0.25) is 0 Å². The average Bonchev–Trinajstić information content (AvgIpc) is 2.85. The van der Waals surface area contributed by atoms with Crippen LogP contribution in [-0.2, 0) is 94.2 Å². The van der Waals surface area contributed by atoms with Gasteiger partial charge in [-0.05, 0) is 77.0 Å². The van der Waals surface area contributed by atoms with Crippen LogP contribution in [0, 0.1) is 17.8 Å². The molecule has 16 heteroatoms. The molecule has 0 aromatic rings. The minimum atomic E-state index is -1.08. The topological polar surface area (TPSA) is 304 Å². The van der Waals surface area contributed by atoms with Crippen LogP contribution in [-0.4, -0.2) is 46.8 Å². The Kier molecular flexibility index (Phi) is 87.0. The van der Waals surface area contributed by atoms with Gasteiger partial charge in [-0.1, -0.05) is 80.1 Å². The maximum absolute atomic E-state index is 10.3. The van der Waals surface area contributed by atoms with Gasteiger partial charge in [0.1, 0.15) is 0 Å². The van der Waals surface area contributed by atoms with Gasteiger partial charge in [-0.15, -0.1) is 0 Å². The maximum Gasteiger partial charge on any atom is 3.00 e. The van der Waals surface area contributed by atoms with Crippen molar-refractivity contribution < 1.29 is 136 Å². The number of carbonyl (C=O) groups excluding carboxylic acids is 6. The van der Waals surface area contributed by atoms with Crippen molar-refractivity contribution in [3.05, 3.63) is 0 Å². The summed E-state index contributed by atoms with van der Waals surface area (Å²) < 4.78 is 0. The smallest absolute Gasteiger partial charge is 0.550 e. The Balaban J connectivity index is -0.0000000434. The van der Waals surface area contributed by atoms with Gasteiger partial charge in [0, 0.05) is 35.8 Å². The largest absolute Gasteiger partial charge is 3.00 e. The van der Waals surface area contributed by atoms with E-state index in [1.807, 2.05) is 20.8 Å². The van der Waals surface area contributed by atoms with Crippen molar-refractivity contribution in [2.24, 2.45) is 17.8 Å². The van der Waals surface area contributed by atoms with E-state index in [4.69, 9.17) is 29.7 Å². The molecular weight excluding hydrogens is 762 g/mol. The third-order valence-electron chi connectivity index (χ3n) is 5.20. The van der Waals surface area contributed by atoms with Crippen LogP contribution in [0.5, 0.6) is 0 Å². The Hall–Kier alpha value is -1.05. The van der Waals surface area contributed by atoms with Gasteiger partial charge >= 0.3 is 65.4 Å². The monoisotopic (exact) mass is 820 g/mol. The summed E-state index contributed by atoms with van der Waals surface area (Å²) in [6.07, 6.45) is 10.6. The van der Waals surface area contributed by atoms with E-state index in [1.165, 1.54) is 0 Å². The third-order valence-corrected chi connectivity index (χ3v) is 5.20. The molecule has 0 aliphatic carbocycles. The van der Waals surface area contributed by atoms with Crippen molar-refractivity contribution in [1.29, 1.82) is 0 Å². The zero-order chi connectivity index (χ0) is 34.7. The standard InChI is InChI=1S/3C8H16O2.3C2H4O2.2H2O.2Y/c3*1-3-5-6-7(4-2)8(9)10;3*1-2(3)4;;;;/h3*7H,3-6H2,1-2H3,(H,9,10);3*1H3,(H,3,4);2*1H2;;/q;;;;;;;;2*+3/p-6. The minimum absolute atomic E-state index is 0. The normalized spacial score (nSPS) is 10.1. The summed E-state index contributed by atoms with van der Waals surface area (Å²) in [5.74, 6) is -6.59. The molecule has 0 spiro atoms. The number of rotatable bonds is 15. The Morgan fingerprint density at radius 1 is 0.413 bits per heavy atom. The van der Waals surface area contributed by atoms with Crippen LogP contribution in [0.25, 0.3) is 0 Å². The Bertz CT molecular complexity index is 590. The maximum atomic E-state index is 10.3. The predicted octanol–water partition coefficient (Wildman–Crippen LogP) is -2.53. The Labute approximate surface area is 326 Å². The van der Waals surface area contributed by atoms with E-state index in [0.29, 0.717) is 19.3 Å². The van der Waals surface area contributed by atoms with Crippen LogP contribution < -0.4 is 30.6 Å². The molecule has 0 aromatic heterocycles. The molecule has 46 heavy (non-hydrogen) atoms. The van der Waals surface area contributed by atoms with E-state index in [2.05, 4.69) is 20.8 Å². The third kappa shape index (κ3) is 90.2. The number of unbranched alkanes of at least 4 members (excludes halogenated alkanes) is 3. The molecule has 0 aliphatic rings. The summed E-state index contributed by atoms with van der Waals surface area (Å²) in [6, 6.07) is 0. The van der Waals surface area contributed by atoms with Crippen molar-refractivity contribution in [3.63, 3.8) is 0 Å². The minimum Gasteiger partial charge on any atom is -0.550 e. The molecule has 3 unspecified atom stereocenters. The first-order valence-corrected chi connectivity index (χ1v) is 14.5. The van der Waals surface area contributed by atoms with Crippen LogP contribution in [0.4, 0.5) is 0 Å². The summed E-state index contributed by atoms with van der Waals surface area (Å²) in [7, 11) is 0. The average molecular weight is 821 g/mol. The van der Waals surface area contributed by atoms with Crippen molar-refractivity contribution in [2.45, 2.75) is 139 Å². The van der Waals surface area contributed by atoms with Crippen molar-refractivity contribution >= 4 is 35.8 Å². The zero-order valence-electron chi connectivity index (χ0n) is 29.3. The molecule has 0 amide bonds. The van der Waals surface area contributed by atoms with E-state index in [9.17, 15) is 29.7 Å². The summed E-state index contributed by atoms with van der Waals surface area (Å²) in [5, 5.41) is 57.6. The first-order valence-electron chi connectivity index (χ1n) is 14.5. The van der Waals surface area contributed by atoms with Gasteiger partial charge in [-0.2, -0.15) is 0 Å². The van der Waals surface area contributed by atoms with Crippen LogP contribution in [0.15, 0.2) is 0 Å². The molecule has 0 aromatic carbocycles. The molecule has 0 bridgehead atoms. The molecular formula is C30H58O14Y2. The predicted molar refractivity (Wildman–Crippen MR) is 154 cm³/mol. The van der Waals surface area contributed by atoms with Crippen LogP contribution >= 0.6 is 0 Å². The fraction of sp³-hybridized carbons (Fsp3) is 0.800. The van der Waals surface area contributed by atoms with Gasteiger partial charge in [0.05, 0.1) is 0 Å². The molecule has 0 heterocycles. The summed E-state index contributed by atoms with van der Waals surface area (Å²) in [4.78, 5) is 57.6. The Morgan fingerprint density at radius 2 is 0.543 bits per heavy atom. The van der Waals surface area contributed by atoms with E-state index in [1.54, 1.807) is 0 Å². The van der Waals surface area contributed by atoms with Gasteiger partial charge in [-0.25, -0.2) is 0 Å². The SMILES string of the molecule is CC(=O)[O-].CC(=O)[O-].CC(=O)[O-].CCCCC(CC)C(=O)[O-].CCCCC(CC)C(=O)[O-].CCCCC(CC)C(=O)[O-].O.O.[Y+3].[Y+3]. The van der Waals surface area contributed by atoms with Gasteiger partial charge in [0.15, 0.2) is 0 Å². The number of hydrogen-bond donors (Lipinski definition) is 0. The van der Waals surface area contributed by atoms with Crippen molar-refractivity contribution in [3.8, 4) is 0 Å². The van der Waals surface area contributed by atoms with Gasteiger partial charge in [-0.3, -0.25) is 0 Å². The molecule has 0 radical (unpaired) electrons. The molecule has 4 N–H and O–H groups in total. The zero-order valence-corrected chi connectivity index (χ0v) is 34.9. The number of hydrogen-bond acceptors (Lipinski definition) is 12. The fourth-order valence-electron chi connectivity index (χ4n) is 2.82. The fourth-order valence-corrected chi connectivity index (χ4v) is 2.82. The van der Waals surface area contributed by atoms with E-state index in [-0.39, 0.29) is 94.1 Å². The number of aliphatic carboxylic acids is 6. The molecule has 268 valence electrons. The number of carboxylic acids is 6. The molecule has 14 nitrogen and oxygen atoms in total. The molecule has 0 aliphatic heterocycles. The second-order valence-corrected chi connectivity index (χ2v) is 9.17. The van der Waals surface area contributed by atoms with Crippen LogP contribution in [0.1, 0.15) is 139 Å². The molecule has 3 atom stereocenters. The molecule has 0 saturated carbocycles. The van der Waals surface area contributed by atoms with E-state index >= 15 is 0 Å². The quantitative estimate of drug-likeness (QED) is 0.165. The molecule has 0 rings (SSSR count). The first kappa shape index (κ1) is 71.1. The van der Waals surface area contributed by atoms with E-state index < -0.39 is 35.8 Å². The summed E-state index contributed by atoms with van der Waals surface area (Å²) >= 11 is 0. The van der Waals surface area contributed by atoms with E-state index in [0.717, 1.165) is 78.6 Å². The second kappa shape index (κ2) is 56.3. The van der Waals surface area contributed by atoms with Crippen molar-refractivity contribution in [1.82, 2.24) is 0 Å². The van der Waals surface area contributed by atoms with Crippen LogP contribution in [0.3, 0.4) is 0 Å². The second-order valence-electron chi connectivity index (χ2n) is 9.17. The van der Waals surface area contributed by atoms with Gasteiger partial charge in [0.25, 0.3) is 0 Å². The van der Waals surface area contributed by atoms with Crippen molar-refractivity contribution in [2.75, 3.05) is 0 Å².